The van der Waals surface area contributed by atoms with Crippen LogP contribution in [0.25, 0.3) is 0 Å². The van der Waals surface area contributed by atoms with E-state index < -0.39 is 0 Å². The van der Waals surface area contributed by atoms with Gasteiger partial charge in [-0.2, -0.15) is 0 Å². The van der Waals surface area contributed by atoms with Crippen molar-refractivity contribution in [1.29, 1.82) is 0 Å². The Morgan fingerprint density at radius 1 is 1.47 bits per heavy atom. The summed E-state index contributed by atoms with van der Waals surface area (Å²) in [6.07, 6.45) is 4.00. The SMILES string of the molecule is CC1CCC(CO)(NC(=O)C(C)C)CC1. The zero-order valence-corrected chi connectivity index (χ0v) is 10.0. The molecule has 0 heterocycles. The molecule has 1 saturated carbocycles. The molecule has 0 aliphatic heterocycles. The van der Waals surface area contributed by atoms with Gasteiger partial charge in [0, 0.05) is 5.92 Å². The molecule has 0 aromatic heterocycles. The normalized spacial score (nSPS) is 31.7. The first-order chi connectivity index (χ1) is 6.99. The molecule has 1 rings (SSSR count). The van der Waals surface area contributed by atoms with E-state index in [4.69, 9.17) is 0 Å². The predicted octanol–water partition coefficient (Wildman–Crippen LogP) is 1.70. The monoisotopic (exact) mass is 213 g/mol. The van der Waals surface area contributed by atoms with Crippen LogP contribution in [0.3, 0.4) is 0 Å². The number of rotatable bonds is 3. The van der Waals surface area contributed by atoms with Crippen LogP contribution in [0, 0.1) is 11.8 Å². The molecule has 0 aromatic rings. The molecule has 88 valence electrons. The first-order valence-corrected chi connectivity index (χ1v) is 5.92. The second kappa shape index (κ2) is 4.97. The minimum Gasteiger partial charge on any atom is -0.394 e. The molecule has 15 heavy (non-hydrogen) atoms. The highest BCUT2D eigenvalue weighted by Crippen LogP contribution is 2.31. The van der Waals surface area contributed by atoms with Crippen molar-refractivity contribution in [1.82, 2.24) is 5.32 Å². The zero-order chi connectivity index (χ0) is 11.5. The molecule has 3 heteroatoms. The molecule has 0 radical (unpaired) electrons. The maximum Gasteiger partial charge on any atom is 0.223 e. The summed E-state index contributed by atoms with van der Waals surface area (Å²) < 4.78 is 0. The highest BCUT2D eigenvalue weighted by molar-refractivity contribution is 5.78. The predicted molar refractivity (Wildman–Crippen MR) is 60.4 cm³/mol. The number of carbonyl (C=O) groups is 1. The lowest BCUT2D eigenvalue weighted by atomic mass is 9.77. The molecule has 0 spiro atoms. The molecule has 1 fully saturated rings. The van der Waals surface area contributed by atoms with Gasteiger partial charge in [-0.15, -0.1) is 0 Å². The van der Waals surface area contributed by atoms with E-state index in [-0.39, 0.29) is 24.0 Å². The van der Waals surface area contributed by atoms with Crippen LogP contribution in [-0.4, -0.2) is 23.2 Å². The van der Waals surface area contributed by atoms with Crippen LogP contribution in [0.15, 0.2) is 0 Å². The molecular weight excluding hydrogens is 190 g/mol. The lowest BCUT2D eigenvalue weighted by Crippen LogP contribution is -2.54. The second-order valence-corrected chi connectivity index (χ2v) is 5.26. The van der Waals surface area contributed by atoms with Crippen molar-refractivity contribution in [3.05, 3.63) is 0 Å². The smallest absolute Gasteiger partial charge is 0.223 e. The van der Waals surface area contributed by atoms with Gasteiger partial charge in [-0.25, -0.2) is 0 Å². The quantitative estimate of drug-likeness (QED) is 0.749. The van der Waals surface area contributed by atoms with Gasteiger partial charge in [0.2, 0.25) is 5.91 Å². The lowest BCUT2D eigenvalue weighted by molar-refractivity contribution is -0.127. The van der Waals surface area contributed by atoms with Crippen molar-refractivity contribution in [3.8, 4) is 0 Å². The van der Waals surface area contributed by atoms with Crippen molar-refractivity contribution in [3.63, 3.8) is 0 Å². The summed E-state index contributed by atoms with van der Waals surface area (Å²) >= 11 is 0. The Labute approximate surface area is 92.3 Å². The van der Waals surface area contributed by atoms with E-state index in [1.807, 2.05) is 13.8 Å². The van der Waals surface area contributed by atoms with Gasteiger partial charge in [-0.05, 0) is 31.6 Å². The molecule has 1 aliphatic carbocycles. The number of aliphatic hydroxyl groups is 1. The lowest BCUT2D eigenvalue weighted by Gasteiger charge is -2.39. The third-order valence-corrected chi connectivity index (χ3v) is 3.45. The Kier molecular flexibility index (Phi) is 4.14. The summed E-state index contributed by atoms with van der Waals surface area (Å²) in [7, 11) is 0. The van der Waals surface area contributed by atoms with E-state index in [0.29, 0.717) is 0 Å². The number of carbonyl (C=O) groups excluding carboxylic acids is 1. The fourth-order valence-corrected chi connectivity index (χ4v) is 2.04. The molecule has 0 aromatic carbocycles. The minimum absolute atomic E-state index is 0.00669. The average Bonchev–Trinajstić information content (AvgIpc) is 2.21. The van der Waals surface area contributed by atoms with Gasteiger partial charge in [0.05, 0.1) is 12.1 Å². The van der Waals surface area contributed by atoms with Gasteiger partial charge in [0.1, 0.15) is 0 Å². The van der Waals surface area contributed by atoms with E-state index >= 15 is 0 Å². The molecule has 0 bridgehead atoms. The Morgan fingerprint density at radius 2 is 2.00 bits per heavy atom. The molecule has 1 amide bonds. The highest BCUT2D eigenvalue weighted by atomic mass is 16.3. The van der Waals surface area contributed by atoms with Crippen LogP contribution in [0.4, 0.5) is 0 Å². The minimum atomic E-state index is -0.339. The topological polar surface area (TPSA) is 49.3 Å². The van der Waals surface area contributed by atoms with E-state index in [9.17, 15) is 9.90 Å². The Morgan fingerprint density at radius 3 is 2.40 bits per heavy atom. The van der Waals surface area contributed by atoms with Crippen LogP contribution in [0.5, 0.6) is 0 Å². The molecule has 0 atom stereocenters. The molecule has 3 nitrogen and oxygen atoms in total. The summed E-state index contributed by atoms with van der Waals surface area (Å²) in [5, 5.41) is 12.5. The van der Waals surface area contributed by atoms with Crippen molar-refractivity contribution in [2.45, 2.75) is 52.0 Å². The fraction of sp³-hybridized carbons (Fsp3) is 0.917. The van der Waals surface area contributed by atoms with Crippen LogP contribution in [-0.2, 0) is 4.79 Å². The van der Waals surface area contributed by atoms with E-state index in [2.05, 4.69) is 12.2 Å². The van der Waals surface area contributed by atoms with Crippen molar-refractivity contribution < 1.29 is 9.90 Å². The number of hydrogen-bond acceptors (Lipinski definition) is 2. The van der Waals surface area contributed by atoms with Crippen LogP contribution < -0.4 is 5.32 Å². The highest BCUT2D eigenvalue weighted by Gasteiger charge is 2.35. The van der Waals surface area contributed by atoms with Crippen molar-refractivity contribution in [2.24, 2.45) is 11.8 Å². The van der Waals surface area contributed by atoms with Gasteiger partial charge in [-0.3, -0.25) is 4.79 Å². The zero-order valence-electron chi connectivity index (χ0n) is 10.0. The first-order valence-electron chi connectivity index (χ1n) is 5.92. The van der Waals surface area contributed by atoms with Gasteiger partial charge in [-0.1, -0.05) is 20.8 Å². The molecule has 0 unspecified atom stereocenters. The number of hydrogen-bond donors (Lipinski definition) is 2. The second-order valence-electron chi connectivity index (χ2n) is 5.26. The molecule has 2 N–H and O–H groups in total. The summed E-state index contributed by atoms with van der Waals surface area (Å²) in [6.45, 7) is 6.06. The average molecular weight is 213 g/mol. The van der Waals surface area contributed by atoms with E-state index in [0.717, 1.165) is 31.6 Å². The van der Waals surface area contributed by atoms with Gasteiger partial charge in [0.25, 0.3) is 0 Å². The first kappa shape index (κ1) is 12.5. The summed E-state index contributed by atoms with van der Waals surface area (Å²) in [4.78, 5) is 11.6. The van der Waals surface area contributed by atoms with Crippen LogP contribution in [0.1, 0.15) is 46.5 Å². The van der Waals surface area contributed by atoms with Gasteiger partial charge < -0.3 is 10.4 Å². The van der Waals surface area contributed by atoms with Crippen molar-refractivity contribution in [2.75, 3.05) is 6.61 Å². The Balaban J connectivity index is 2.57. The Bertz CT molecular complexity index is 218. The summed E-state index contributed by atoms with van der Waals surface area (Å²) in [5.41, 5.74) is -0.339. The van der Waals surface area contributed by atoms with Gasteiger partial charge in [0.15, 0.2) is 0 Å². The third-order valence-electron chi connectivity index (χ3n) is 3.45. The van der Waals surface area contributed by atoms with E-state index in [1.165, 1.54) is 0 Å². The van der Waals surface area contributed by atoms with Crippen LogP contribution in [0.2, 0.25) is 0 Å². The molecule has 0 saturated heterocycles. The standard InChI is InChI=1S/C12H23NO2/c1-9(2)11(15)13-12(8-14)6-4-10(3)5-7-12/h9-10,14H,4-8H2,1-3H3,(H,13,15). The number of amides is 1. The largest absolute Gasteiger partial charge is 0.394 e. The van der Waals surface area contributed by atoms with Crippen molar-refractivity contribution >= 4 is 5.91 Å². The summed E-state index contributed by atoms with van der Waals surface area (Å²) in [5.74, 6) is 0.770. The van der Waals surface area contributed by atoms with Gasteiger partial charge >= 0.3 is 0 Å². The number of aliphatic hydroxyl groups excluding tert-OH is 1. The molecule has 1 aliphatic rings. The number of nitrogens with one attached hydrogen (secondary N) is 1. The third kappa shape index (κ3) is 3.20. The fourth-order valence-electron chi connectivity index (χ4n) is 2.04. The Hall–Kier alpha value is -0.570. The summed E-state index contributed by atoms with van der Waals surface area (Å²) in [6, 6.07) is 0. The molecular formula is C12H23NO2. The maximum atomic E-state index is 11.6. The van der Waals surface area contributed by atoms with E-state index in [1.54, 1.807) is 0 Å². The van der Waals surface area contributed by atoms with Crippen LogP contribution >= 0.6 is 0 Å². The maximum absolute atomic E-state index is 11.6.